The number of carbonyl (C=O) groups excluding carboxylic acids is 2. The van der Waals surface area contributed by atoms with E-state index < -0.39 is 0 Å². The Morgan fingerprint density at radius 2 is 1.66 bits per heavy atom. The lowest BCUT2D eigenvalue weighted by atomic mass is 9.89. The molecular formula is C31H37N3O3S. The van der Waals surface area contributed by atoms with Crippen LogP contribution < -0.4 is 0 Å². The minimum atomic E-state index is -0.246. The third-order valence-corrected chi connectivity index (χ3v) is 8.83. The van der Waals surface area contributed by atoms with Gasteiger partial charge in [0, 0.05) is 37.6 Å². The van der Waals surface area contributed by atoms with E-state index in [0.717, 1.165) is 24.9 Å². The summed E-state index contributed by atoms with van der Waals surface area (Å²) in [6, 6.07) is 20.5. The molecule has 2 amide bonds. The molecule has 3 heterocycles. The molecule has 3 aromatic rings. The molecule has 0 saturated carbocycles. The Balaban J connectivity index is 1.22. The molecule has 7 heteroatoms. The van der Waals surface area contributed by atoms with E-state index in [1.165, 1.54) is 21.6 Å². The Morgan fingerprint density at radius 1 is 0.921 bits per heavy atom. The van der Waals surface area contributed by atoms with Gasteiger partial charge in [0.05, 0.1) is 18.7 Å². The van der Waals surface area contributed by atoms with Gasteiger partial charge in [0.25, 0.3) is 0 Å². The van der Waals surface area contributed by atoms with Crippen molar-refractivity contribution in [3.63, 3.8) is 0 Å². The Labute approximate surface area is 229 Å². The number of carbonyl (C=O) groups is 2. The van der Waals surface area contributed by atoms with Crippen LogP contribution in [0.2, 0.25) is 0 Å². The third kappa shape index (κ3) is 5.85. The van der Waals surface area contributed by atoms with Crippen molar-refractivity contribution in [2.24, 2.45) is 0 Å². The van der Waals surface area contributed by atoms with Crippen molar-refractivity contribution in [1.82, 2.24) is 14.7 Å². The molecule has 2 aliphatic rings. The van der Waals surface area contributed by atoms with Crippen LogP contribution in [-0.4, -0.2) is 71.9 Å². The van der Waals surface area contributed by atoms with Crippen molar-refractivity contribution in [2.45, 2.75) is 45.4 Å². The first-order valence-electron chi connectivity index (χ1n) is 13.6. The molecule has 2 atom stereocenters. The first kappa shape index (κ1) is 26.6. The molecule has 200 valence electrons. The first-order valence-corrected chi connectivity index (χ1v) is 14.5. The molecular weight excluding hydrogens is 494 g/mol. The largest absolute Gasteiger partial charge is 0.367 e. The Bertz CT molecular complexity index is 1240. The Kier molecular flexibility index (Phi) is 8.57. The molecule has 1 fully saturated rings. The van der Waals surface area contributed by atoms with E-state index in [4.69, 9.17) is 4.74 Å². The van der Waals surface area contributed by atoms with Gasteiger partial charge < -0.3 is 14.5 Å². The fourth-order valence-corrected chi connectivity index (χ4v) is 6.61. The van der Waals surface area contributed by atoms with Crippen molar-refractivity contribution in [1.29, 1.82) is 0 Å². The molecule has 6 nitrogen and oxygen atoms in total. The minimum absolute atomic E-state index is 0.0103. The van der Waals surface area contributed by atoms with E-state index in [0.29, 0.717) is 32.8 Å². The van der Waals surface area contributed by atoms with Gasteiger partial charge in [0.15, 0.2) is 0 Å². The summed E-state index contributed by atoms with van der Waals surface area (Å²) in [5, 5.41) is 2.18. The van der Waals surface area contributed by atoms with Crippen LogP contribution in [0.25, 0.3) is 0 Å². The lowest BCUT2D eigenvalue weighted by Gasteiger charge is -2.41. The van der Waals surface area contributed by atoms with E-state index in [1.807, 2.05) is 51.5 Å². The van der Waals surface area contributed by atoms with Gasteiger partial charge >= 0.3 is 0 Å². The summed E-state index contributed by atoms with van der Waals surface area (Å²) in [4.78, 5) is 34.2. The molecule has 1 saturated heterocycles. The number of ether oxygens (including phenoxy) is 1. The second kappa shape index (κ2) is 12.2. The third-order valence-electron chi connectivity index (χ3n) is 7.84. The van der Waals surface area contributed by atoms with Crippen LogP contribution in [0.4, 0.5) is 0 Å². The van der Waals surface area contributed by atoms with Crippen LogP contribution in [0.15, 0.2) is 66.0 Å². The normalized spacial score (nSPS) is 19.1. The van der Waals surface area contributed by atoms with Gasteiger partial charge in [-0.3, -0.25) is 14.5 Å². The number of aryl methyl sites for hydroxylation is 1. The molecule has 38 heavy (non-hydrogen) atoms. The maximum atomic E-state index is 13.8. The van der Waals surface area contributed by atoms with Gasteiger partial charge in [-0.1, -0.05) is 54.6 Å². The predicted molar refractivity (Wildman–Crippen MR) is 151 cm³/mol. The van der Waals surface area contributed by atoms with Crippen molar-refractivity contribution < 1.29 is 14.3 Å². The van der Waals surface area contributed by atoms with Crippen molar-refractivity contribution in [2.75, 3.05) is 39.3 Å². The molecule has 0 radical (unpaired) electrons. The van der Waals surface area contributed by atoms with Crippen LogP contribution in [0, 0.1) is 6.92 Å². The SMILES string of the molecule is Cc1ccccc1[C@H]1c2ccsc2CCN1[C@@H](C)C(=O)N1CCCN(C(=O)COCc2ccccc2)CC1. The zero-order chi connectivity index (χ0) is 26.5. The number of nitrogens with zero attached hydrogens (tertiary/aromatic N) is 3. The van der Waals surface area contributed by atoms with E-state index in [2.05, 4.69) is 54.5 Å². The Hall–Kier alpha value is -3.00. The van der Waals surface area contributed by atoms with Crippen molar-refractivity contribution in [3.8, 4) is 0 Å². The van der Waals surface area contributed by atoms with Crippen molar-refractivity contribution >= 4 is 23.2 Å². The van der Waals surface area contributed by atoms with Gasteiger partial charge in [-0.2, -0.15) is 0 Å². The highest BCUT2D eigenvalue weighted by Gasteiger charge is 2.37. The maximum Gasteiger partial charge on any atom is 0.248 e. The quantitative estimate of drug-likeness (QED) is 0.445. The number of hydrogen-bond acceptors (Lipinski definition) is 5. The second-order valence-electron chi connectivity index (χ2n) is 10.3. The van der Waals surface area contributed by atoms with E-state index in [1.54, 1.807) is 0 Å². The zero-order valence-electron chi connectivity index (χ0n) is 22.3. The van der Waals surface area contributed by atoms with Gasteiger partial charge in [0.1, 0.15) is 6.61 Å². The van der Waals surface area contributed by atoms with Crippen LogP contribution in [0.3, 0.4) is 0 Å². The average molecular weight is 532 g/mol. The van der Waals surface area contributed by atoms with Crippen LogP contribution in [0.1, 0.15) is 46.5 Å². The lowest BCUT2D eigenvalue weighted by Crippen LogP contribution is -2.51. The number of thiophene rings is 1. The summed E-state index contributed by atoms with van der Waals surface area (Å²) in [6.45, 7) is 7.98. The number of rotatable bonds is 7. The second-order valence-corrected chi connectivity index (χ2v) is 11.3. The van der Waals surface area contributed by atoms with Gasteiger partial charge in [0.2, 0.25) is 11.8 Å². The molecule has 2 aromatic carbocycles. The zero-order valence-corrected chi connectivity index (χ0v) is 23.2. The molecule has 0 aliphatic carbocycles. The van der Waals surface area contributed by atoms with E-state index in [9.17, 15) is 9.59 Å². The highest BCUT2D eigenvalue weighted by atomic mass is 32.1. The highest BCUT2D eigenvalue weighted by molar-refractivity contribution is 7.10. The summed E-state index contributed by atoms with van der Waals surface area (Å²) in [5.74, 6) is 0.140. The fourth-order valence-electron chi connectivity index (χ4n) is 5.71. The molecule has 0 unspecified atom stereocenters. The lowest BCUT2D eigenvalue weighted by molar-refractivity contribution is -0.139. The monoisotopic (exact) mass is 531 g/mol. The molecule has 0 bridgehead atoms. The van der Waals surface area contributed by atoms with Gasteiger partial charge in [-0.15, -0.1) is 11.3 Å². The topological polar surface area (TPSA) is 53.1 Å². The van der Waals surface area contributed by atoms with Gasteiger partial charge in [-0.05, 0) is 60.4 Å². The van der Waals surface area contributed by atoms with Gasteiger partial charge in [-0.25, -0.2) is 0 Å². The Morgan fingerprint density at radius 3 is 2.47 bits per heavy atom. The smallest absolute Gasteiger partial charge is 0.248 e. The number of fused-ring (bicyclic) bond motifs is 1. The summed E-state index contributed by atoms with van der Waals surface area (Å²) in [6.07, 6.45) is 1.75. The highest BCUT2D eigenvalue weighted by Crippen LogP contribution is 2.40. The summed E-state index contributed by atoms with van der Waals surface area (Å²) in [5.41, 5.74) is 4.91. The molecule has 0 N–H and O–H groups in total. The summed E-state index contributed by atoms with van der Waals surface area (Å²) in [7, 11) is 0. The van der Waals surface area contributed by atoms with E-state index >= 15 is 0 Å². The number of amides is 2. The maximum absolute atomic E-state index is 13.8. The van der Waals surface area contributed by atoms with E-state index in [-0.39, 0.29) is 30.5 Å². The standard InChI is InChI=1S/C31H37N3O3S/c1-23-9-6-7-12-26(23)30-27-14-20-38-28(27)13-17-34(30)24(2)31(36)33-16-8-15-32(18-19-33)29(35)22-37-21-25-10-4-3-5-11-25/h3-7,9-12,14,20,24,30H,8,13,15-19,21-22H2,1-2H3/t24-,30-/m0/s1. The summed E-state index contributed by atoms with van der Waals surface area (Å²) >= 11 is 1.82. The molecule has 5 rings (SSSR count). The summed E-state index contributed by atoms with van der Waals surface area (Å²) < 4.78 is 5.68. The molecule has 2 aliphatic heterocycles. The van der Waals surface area contributed by atoms with Crippen molar-refractivity contribution in [3.05, 3.63) is 93.2 Å². The molecule has 1 aromatic heterocycles. The average Bonchev–Trinajstić information content (AvgIpc) is 3.28. The first-order chi connectivity index (χ1) is 18.5. The fraction of sp³-hybridized carbons (Fsp3) is 0.419. The van der Waals surface area contributed by atoms with Crippen LogP contribution in [0.5, 0.6) is 0 Å². The molecule has 0 spiro atoms. The number of hydrogen-bond donors (Lipinski definition) is 0. The number of benzene rings is 2. The minimum Gasteiger partial charge on any atom is -0.367 e. The van der Waals surface area contributed by atoms with Crippen LogP contribution >= 0.6 is 11.3 Å². The van der Waals surface area contributed by atoms with Crippen LogP contribution in [-0.2, 0) is 27.4 Å². The predicted octanol–water partition coefficient (Wildman–Crippen LogP) is 4.67.